The van der Waals surface area contributed by atoms with Gasteiger partial charge in [-0.25, -0.2) is 13.1 Å². The van der Waals surface area contributed by atoms with Crippen molar-refractivity contribution in [3.8, 4) is 17.6 Å². The van der Waals surface area contributed by atoms with Gasteiger partial charge in [-0.05, 0) is 61.0 Å². The van der Waals surface area contributed by atoms with E-state index in [4.69, 9.17) is 4.74 Å². The molecule has 1 saturated heterocycles. The van der Waals surface area contributed by atoms with Crippen molar-refractivity contribution in [2.75, 3.05) is 43.9 Å². The van der Waals surface area contributed by atoms with Crippen LogP contribution in [-0.4, -0.2) is 58.3 Å². The van der Waals surface area contributed by atoms with E-state index in [1.165, 1.54) is 5.56 Å². The fourth-order valence-electron chi connectivity index (χ4n) is 4.21. The summed E-state index contributed by atoms with van der Waals surface area (Å²) >= 11 is 0. The minimum Gasteiger partial charge on any atom is -0.494 e. The van der Waals surface area contributed by atoms with Crippen molar-refractivity contribution in [3.05, 3.63) is 95.1 Å². The maximum Gasteiger partial charge on any atom is 0.264 e. The smallest absolute Gasteiger partial charge is 0.264 e. The average Bonchev–Trinajstić information content (AvgIpc) is 2.88. The van der Waals surface area contributed by atoms with Crippen LogP contribution in [0.25, 0.3) is 0 Å². The van der Waals surface area contributed by atoms with Crippen molar-refractivity contribution in [2.24, 2.45) is 0 Å². The molecule has 192 valence electrons. The molecule has 0 unspecified atom stereocenters. The van der Waals surface area contributed by atoms with E-state index in [-0.39, 0.29) is 0 Å². The lowest BCUT2D eigenvalue weighted by Gasteiger charge is -2.36. The van der Waals surface area contributed by atoms with E-state index in [0.717, 1.165) is 61.5 Å². The number of sulfonamides is 1. The minimum atomic E-state index is -3.59. The molecule has 0 radical (unpaired) electrons. The number of carbonyl (C=O) groups excluding carboxylic acids is 1. The van der Waals surface area contributed by atoms with Gasteiger partial charge in [0.25, 0.3) is 5.91 Å². The van der Waals surface area contributed by atoms with E-state index in [0.29, 0.717) is 12.2 Å². The van der Waals surface area contributed by atoms with Crippen molar-refractivity contribution < 1.29 is 17.9 Å². The maximum atomic E-state index is 12.0. The number of benzene rings is 3. The third kappa shape index (κ3) is 7.59. The van der Waals surface area contributed by atoms with Crippen molar-refractivity contribution >= 4 is 21.6 Å². The number of piperazine rings is 1. The molecule has 0 aromatic heterocycles. The van der Waals surface area contributed by atoms with E-state index in [9.17, 15) is 13.2 Å². The van der Waals surface area contributed by atoms with Crippen LogP contribution in [0.4, 0.5) is 5.69 Å². The van der Waals surface area contributed by atoms with Crippen molar-refractivity contribution in [3.63, 3.8) is 0 Å². The summed E-state index contributed by atoms with van der Waals surface area (Å²) in [4.78, 5) is 16.7. The van der Waals surface area contributed by atoms with Crippen LogP contribution < -0.4 is 14.4 Å². The van der Waals surface area contributed by atoms with E-state index >= 15 is 0 Å². The number of amides is 1. The van der Waals surface area contributed by atoms with Gasteiger partial charge in [0, 0.05) is 55.1 Å². The standard InChI is InChI=1S/C29H31N3O4S/c1-3-36-28-10-6-7-23(21-28)11-12-24-8-4-5-9-26(24)22-31-17-19-32(20-18-31)27-15-13-25(14-16-27)29(33)30-37(2,34)35/h4-10,13-16,21H,3,17-20,22H2,1-2H3,(H,30,33). The predicted octanol–water partition coefficient (Wildman–Crippen LogP) is 3.50. The van der Waals surface area contributed by atoms with Crippen LogP contribution in [0, 0.1) is 11.8 Å². The van der Waals surface area contributed by atoms with E-state index in [1.807, 2.05) is 60.2 Å². The zero-order chi connectivity index (χ0) is 26.3. The lowest BCUT2D eigenvalue weighted by molar-refractivity contribution is 0.0981. The van der Waals surface area contributed by atoms with E-state index in [2.05, 4.69) is 33.8 Å². The highest BCUT2D eigenvalue weighted by atomic mass is 32.2. The molecule has 0 saturated carbocycles. The Balaban J connectivity index is 1.36. The van der Waals surface area contributed by atoms with Crippen molar-refractivity contribution in [1.82, 2.24) is 9.62 Å². The zero-order valence-corrected chi connectivity index (χ0v) is 21.9. The van der Waals surface area contributed by atoms with Crippen molar-refractivity contribution in [1.29, 1.82) is 0 Å². The number of hydrogen-bond acceptors (Lipinski definition) is 6. The number of ether oxygens (including phenoxy) is 1. The second kappa shape index (κ2) is 12.0. The molecule has 1 aliphatic rings. The first kappa shape index (κ1) is 26.3. The lowest BCUT2D eigenvalue weighted by atomic mass is 10.1. The molecule has 1 amide bonds. The van der Waals surface area contributed by atoms with Gasteiger partial charge in [0.15, 0.2) is 0 Å². The molecule has 4 rings (SSSR count). The Labute approximate surface area is 219 Å². The van der Waals surface area contributed by atoms with Gasteiger partial charge in [-0.1, -0.05) is 36.1 Å². The fraction of sp³-hybridized carbons (Fsp3) is 0.276. The molecule has 0 bridgehead atoms. The number of rotatable bonds is 7. The van der Waals surface area contributed by atoms with Gasteiger partial charge < -0.3 is 9.64 Å². The number of nitrogens with zero attached hydrogens (tertiary/aromatic N) is 2. The summed E-state index contributed by atoms with van der Waals surface area (Å²) in [6.45, 7) is 6.92. The quantitative estimate of drug-likeness (QED) is 0.484. The van der Waals surface area contributed by atoms with E-state index in [1.54, 1.807) is 12.1 Å². The summed E-state index contributed by atoms with van der Waals surface area (Å²) in [5.41, 5.74) is 4.47. The maximum absolute atomic E-state index is 12.0. The lowest BCUT2D eigenvalue weighted by Crippen LogP contribution is -2.46. The Hall–Kier alpha value is -3.80. The summed E-state index contributed by atoms with van der Waals surface area (Å²) in [6, 6.07) is 23.1. The van der Waals surface area contributed by atoms with Gasteiger partial charge >= 0.3 is 0 Å². The Morgan fingerprint density at radius 2 is 1.68 bits per heavy atom. The van der Waals surface area contributed by atoms with Gasteiger partial charge in [0.1, 0.15) is 5.75 Å². The third-order valence-electron chi connectivity index (χ3n) is 6.04. The van der Waals surface area contributed by atoms with Gasteiger partial charge in [0.2, 0.25) is 10.0 Å². The van der Waals surface area contributed by atoms with Gasteiger partial charge in [0.05, 0.1) is 12.9 Å². The molecular formula is C29H31N3O4S. The average molecular weight is 518 g/mol. The molecule has 3 aromatic carbocycles. The topological polar surface area (TPSA) is 79.0 Å². The van der Waals surface area contributed by atoms with Crippen LogP contribution in [0.3, 0.4) is 0 Å². The SMILES string of the molecule is CCOc1cccc(C#Cc2ccccc2CN2CCN(c3ccc(C(=O)NS(C)(=O)=O)cc3)CC2)c1. The Kier molecular flexibility index (Phi) is 8.49. The third-order valence-corrected chi connectivity index (χ3v) is 6.60. The largest absolute Gasteiger partial charge is 0.494 e. The Bertz CT molecular complexity index is 1400. The Morgan fingerprint density at radius 1 is 0.946 bits per heavy atom. The van der Waals surface area contributed by atoms with Gasteiger partial charge in [-0.2, -0.15) is 0 Å². The van der Waals surface area contributed by atoms with Crippen LogP contribution in [0.2, 0.25) is 0 Å². The molecule has 0 atom stereocenters. The first-order valence-electron chi connectivity index (χ1n) is 12.2. The minimum absolute atomic E-state index is 0.315. The number of hydrogen-bond donors (Lipinski definition) is 1. The summed E-state index contributed by atoms with van der Waals surface area (Å²) in [6.07, 6.45) is 0.964. The molecule has 37 heavy (non-hydrogen) atoms. The summed E-state index contributed by atoms with van der Waals surface area (Å²) < 4.78 is 30.2. The van der Waals surface area contributed by atoms with Crippen LogP contribution >= 0.6 is 0 Å². The number of nitrogens with one attached hydrogen (secondary N) is 1. The van der Waals surface area contributed by atoms with E-state index < -0.39 is 15.9 Å². The van der Waals surface area contributed by atoms with Crippen LogP contribution in [0.1, 0.15) is 34.0 Å². The van der Waals surface area contributed by atoms with Crippen molar-refractivity contribution in [2.45, 2.75) is 13.5 Å². The van der Waals surface area contributed by atoms with Gasteiger partial charge in [-0.3, -0.25) is 9.69 Å². The van der Waals surface area contributed by atoms with Crippen LogP contribution in [-0.2, 0) is 16.6 Å². The second-order valence-electron chi connectivity index (χ2n) is 8.88. The molecule has 0 spiro atoms. The highest BCUT2D eigenvalue weighted by Gasteiger charge is 2.19. The molecule has 3 aromatic rings. The molecule has 8 heteroatoms. The normalized spacial score (nSPS) is 13.9. The predicted molar refractivity (Wildman–Crippen MR) is 146 cm³/mol. The van der Waals surface area contributed by atoms with Crippen LogP contribution in [0.5, 0.6) is 5.75 Å². The fourth-order valence-corrected chi connectivity index (χ4v) is 4.66. The molecule has 1 fully saturated rings. The first-order chi connectivity index (χ1) is 17.8. The highest BCUT2D eigenvalue weighted by molar-refractivity contribution is 7.89. The monoisotopic (exact) mass is 517 g/mol. The summed E-state index contributed by atoms with van der Waals surface area (Å²) in [7, 11) is -3.59. The molecule has 7 nitrogen and oxygen atoms in total. The number of carbonyl (C=O) groups is 1. The zero-order valence-electron chi connectivity index (χ0n) is 21.1. The summed E-state index contributed by atoms with van der Waals surface area (Å²) in [5.74, 6) is 6.81. The molecule has 1 aliphatic heterocycles. The summed E-state index contributed by atoms with van der Waals surface area (Å²) in [5, 5.41) is 0. The first-order valence-corrected chi connectivity index (χ1v) is 14.1. The Morgan fingerprint density at radius 3 is 2.38 bits per heavy atom. The van der Waals surface area contributed by atoms with Crippen LogP contribution in [0.15, 0.2) is 72.8 Å². The molecule has 0 aliphatic carbocycles. The molecule has 1 heterocycles. The second-order valence-corrected chi connectivity index (χ2v) is 10.6. The number of anilines is 1. The van der Waals surface area contributed by atoms with Gasteiger partial charge in [-0.15, -0.1) is 0 Å². The highest BCUT2D eigenvalue weighted by Crippen LogP contribution is 2.20. The molecular weight excluding hydrogens is 486 g/mol. The molecule has 1 N–H and O–H groups in total.